The van der Waals surface area contributed by atoms with E-state index < -0.39 is 6.10 Å². The third kappa shape index (κ3) is 3.97. The van der Waals surface area contributed by atoms with E-state index in [9.17, 15) is 9.90 Å². The average molecular weight is 234 g/mol. The van der Waals surface area contributed by atoms with E-state index in [0.717, 1.165) is 0 Å². The number of Topliss-reactive ketones (excluding diaryl/α,β-unsaturated/α-hetero) is 1. The summed E-state index contributed by atoms with van der Waals surface area (Å²) < 4.78 is 0. The van der Waals surface area contributed by atoms with Gasteiger partial charge in [-0.1, -0.05) is 52.0 Å². The Hall–Kier alpha value is -1.15. The number of aliphatic hydroxyl groups excluding tert-OH is 1. The lowest BCUT2D eigenvalue weighted by molar-refractivity contribution is 0.0704. The maximum Gasteiger partial charge on any atom is 0.191 e. The molecule has 0 aliphatic rings. The molecule has 1 N–H and O–H groups in total. The van der Waals surface area contributed by atoms with Gasteiger partial charge in [0.15, 0.2) is 5.78 Å². The first kappa shape index (κ1) is 13.9. The lowest BCUT2D eigenvalue weighted by Gasteiger charge is -2.12. The number of hydrogen-bond acceptors (Lipinski definition) is 2. The van der Waals surface area contributed by atoms with Crippen molar-refractivity contribution in [3.63, 3.8) is 0 Å². The van der Waals surface area contributed by atoms with Gasteiger partial charge in [0.2, 0.25) is 0 Å². The van der Waals surface area contributed by atoms with Crippen molar-refractivity contribution in [3.8, 4) is 0 Å². The summed E-state index contributed by atoms with van der Waals surface area (Å²) >= 11 is 0. The number of benzene rings is 1. The van der Waals surface area contributed by atoms with Gasteiger partial charge in [0.25, 0.3) is 0 Å². The molecule has 2 nitrogen and oxygen atoms in total. The van der Waals surface area contributed by atoms with E-state index in [1.807, 2.05) is 26.0 Å². The second kappa shape index (κ2) is 5.97. The lowest BCUT2D eigenvalue weighted by atomic mass is 9.96. The van der Waals surface area contributed by atoms with Crippen LogP contribution in [0.25, 0.3) is 0 Å². The molecule has 1 aromatic carbocycles. The summed E-state index contributed by atoms with van der Waals surface area (Å²) in [7, 11) is 0. The minimum Gasteiger partial charge on any atom is -0.385 e. The Morgan fingerprint density at radius 3 is 2.06 bits per heavy atom. The van der Waals surface area contributed by atoms with Crippen molar-refractivity contribution >= 4 is 5.78 Å². The summed E-state index contributed by atoms with van der Waals surface area (Å²) in [6.45, 7) is 8.23. The third-order valence-electron chi connectivity index (χ3n) is 2.86. The fraction of sp³-hybridized carbons (Fsp3) is 0.533. The molecule has 0 fully saturated rings. The molecule has 2 heteroatoms. The standard InChI is InChI=1S/C15H22O2/c1-10(2)9-14(16)15(17)13-7-5-12(6-8-13)11(3)4/h5-8,10-11,14,16H,9H2,1-4H3. The Morgan fingerprint density at radius 1 is 1.12 bits per heavy atom. The molecular weight excluding hydrogens is 212 g/mol. The smallest absolute Gasteiger partial charge is 0.191 e. The molecule has 0 aliphatic heterocycles. The Bertz CT molecular complexity index is 363. The van der Waals surface area contributed by atoms with Crippen molar-refractivity contribution in [1.82, 2.24) is 0 Å². The number of carbonyl (C=O) groups is 1. The van der Waals surface area contributed by atoms with Crippen LogP contribution >= 0.6 is 0 Å². The van der Waals surface area contributed by atoms with Crippen LogP contribution in [-0.4, -0.2) is 17.0 Å². The highest BCUT2D eigenvalue weighted by Crippen LogP contribution is 2.17. The molecule has 0 spiro atoms. The van der Waals surface area contributed by atoms with Crippen LogP contribution in [0, 0.1) is 5.92 Å². The van der Waals surface area contributed by atoms with E-state index in [-0.39, 0.29) is 5.78 Å². The molecule has 0 aromatic heterocycles. The van der Waals surface area contributed by atoms with Gasteiger partial charge >= 0.3 is 0 Å². The van der Waals surface area contributed by atoms with Gasteiger partial charge in [0.1, 0.15) is 6.10 Å². The van der Waals surface area contributed by atoms with E-state index in [2.05, 4.69) is 13.8 Å². The summed E-state index contributed by atoms with van der Waals surface area (Å²) in [5.74, 6) is 0.609. The highest BCUT2D eigenvalue weighted by atomic mass is 16.3. The molecule has 0 bridgehead atoms. The first-order valence-corrected chi connectivity index (χ1v) is 6.24. The summed E-state index contributed by atoms with van der Waals surface area (Å²) in [6, 6.07) is 7.53. The molecule has 1 unspecified atom stereocenters. The predicted molar refractivity (Wildman–Crippen MR) is 70.3 cm³/mol. The summed E-state index contributed by atoms with van der Waals surface area (Å²) in [4.78, 5) is 11.9. The Balaban J connectivity index is 2.76. The number of carbonyl (C=O) groups excluding carboxylic acids is 1. The quantitative estimate of drug-likeness (QED) is 0.793. The Kier molecular flexibility index (Phi) is 4.88. The van der Waals surface area contributed by atoms with Crippen molar-refractivity contribution in [3.05, 3.63) is 35.4 Å². The second-order valence-corrected chi connectivity index (χ2v) is 5.29. The molecule has 0 saturated carbocycles. The second-order valence-electron chi connectivity index (χ2n) is 5.29. The zero-order chi connectivity index (χ0) is 13.0. The van der Waals surface area contributed by atoms with Gasteiger partial charge in [-0.2, -0.15) is 0 Å². The Morgan fingerprint density at radius 2 is 1.65 bits per heavy atom. The molecule has 94 valence electrons. The van der Waals surface area contributed by atoms with Crippen molar-refractivity contribution < 1.29 is 9.90 Å². The number of ketones is 1. The average Bonchev–Trinajstić information content (AvgIpc) is 2.27. The minimum atomic E-state index is -0.875. The first-order chi connectivity index (χ1) is 7.91. The van der Waals surface area contributed by atoms with Gasteiger partial charge in [-0.25, -0.2) is 0 Å². The molecule has 1 aromatic rings. The number of rotatable bonds is 5. The molecule has 1 rings (SSSR count). The topological polar surface area (TPSA) is 37.3 Å². The van der Waals surface area contributed by atoms with Crippen LogP contribution in [-0.2, 0) is 0 Å². The minimum absolute atomic E-state index is 0.172. The van der Waals surface area contributed by atoms with Crippen LogP contribution < -0.4 is 0 Å². The zero-order valence-electron chi connectivity index (χ0n) is 11.1. The van der Waals surface area contributed by atoms with E-state index in [1.54, 1.807) is 12.1 Å². The van der Waals surface area contributed by atoms with Gasteiger partial charge in [-0.05, 0) is 23.8 Å². The number of aliphatic hydroxyl groups is 1. The van der Waals surface area contributed by atoms with Gasteiger partial charge in [-0.15, -0.1) is 0 Å². The highest BCUT2D eigenvalue weighted by molar-refractivity contribution is 5.99. The van der Waals surface area contributed by atoms with Gasteiger partial charge in [-0.3, -0.25) is 4.79 Å². The lowest BCUT2D eigenvalue weighted by Crippen LogP contribution is -2.22. The van der Waals surface area contributed by atoms with E-state index in [4.69, 9.17) is 0 Å². The van der Waals surface area contributed by atoms with Gasteiger partial charge < -0.3 is 5.11 Å². The van der Waals surface area contributed by atoms with Crippen LogP contribution in [0.4, 0.5) is 0 Å². The molecule has 0 saturated heterocycles. The van der Waals surface area contributed by atoms with Crippen LogP contribution in [0.5, 0.6) is 0 Å². The predicted octanol–water partition coefficient (Wildman–Crippen LogP) is 3.40. The SMILES string of the molecule is CC(C)CC(O)C(=O)c1ccc(C(C)C)cc1. The molecular formula is C15H22O2. The fourth-order valence-corrected chi connectivity index (χ4v) is 1.78. The maximum absolute atomic E-state index is 11.9. The maximum atomic E-state index is 11.9. The van der Waals surface area contributed by atoms with E-state index in [0.29, 0.717) is 23.8 Å². The third-order valence-corrected chi connectivity index (χ3v) is 2.86. The largest absolute Gasteiger partial charge is 0.385 e. The van der Waals surface area contributed by atoms with Crippen LogP contribution in [0.1, 0.15) is 56.0 Å². The molecule has 17 heavy (non-hydrogen) atoms. The summed E-state index contributed by atoms with van der Waals surface area (Å²) in [5, 5.41) is 9.77. The van der Waals surface area contributed by atoms with Crippen molar-refractivity contribution in [2.75, 3.05) is 0 Å². The number of hydrogen-bond donors (Lipinski definition) is 1. The van der Waals surface area contributed by atoms with E-state index >= 15 is 0 Å². The zero-order valence-corrected chi connectivity index (χ0v) is 11.1. The fourth-order valence-electron chi connectivity index (χ4n) is 1.78. The molecule has 0 heterocycles. The van der Waals surface area contributed by atoms with Crippen LogP contribution in [0.15, 0.2) is 24.3 Å². The molecule has 1 atom stereocenters. The molecule has 0 amide bonds. The highest BCUT2D eigenvalue weighted by Gasteiger charge is 2.18. The van der Waals surface area contributed by atoms with Crippen molar-refractivity contribution in [2.45, 2.75) is 46.1 Å². The van der Waals surface area contributed by atoms with Crippen molar-refractivity contribution in [2.24, 2.45) is 5.92 Å². The summed E-state index contributed by atoms with van der Waals surface area (Å²) in [6.07, 6.45) is -0.356. The first-order valence-electron chi connectivity index (χ1n) is 6.24. The van der Waals surface area contributed by atoms with Crippen molar-refractivity contribution in [1.29, 1.82) is 0 Å². The summed E-state index contributed by atoms with van der Waals surface area (Å²) in [5.41, 5.74) is 1.81. The van der Waals surface area contributed by atoms with Crippen LogP contribution in [0.2, 0.25) is 0 Å². The van der Waals surface area contributed by atoms with Crippen LogP contribution in [0.3, 0.4) is 0 Å². The van der Waals surface area contributed by atoms with E-state index in [1.165, 1.54) is 5.56 Å². The van der Waals surface area contributed by atoms with Gasteiger partial charge in [0.05, 0.1) is 0 Å². The monoisotopic (exact) mass is 234 g/mol. The van der Waals surface area contributed by atoms with Gasteiger partial charge in [0, 0.05) is 5.56 Å². The molecule has 0 radical (unpaired) electrons. The molecule has 0 aliphatic carbocycles. The Labute approximate surface area is 104 Å². The normalized spacial score (nSPS) is 13.1.